The van der Waals surface area contributed by atoms with Gasteiger partial charge in [0, 0.05) is 29.6 Å². The summed E-state index contributed by atoms with van der Waals surface area (Å²) in [6.45, 7) is 0.448. The van der Waals surface area contributed by atoms with Gasteiger partial charge in [0.2, 0.25) is 5.56 Å². The highest BCUT2D eigenvalue weighted by Gasteiger charge is 2.16. The molecule has 0 aliphatic heterocycles. The van der Waals surface area contributed by atoms with Gasteiger partial charge in [0.25, 0.3) is 5.91 Å². The lowest BCUT2D eigenvalue weighted by molar-refractivity contribution is 0.0952. The number of carbonyl (C=O) groups excluding carboxylic acids is 1. The summed E-state index contributed by atoms with van der Waals surface area (Å²) < 4.78 is 13.4. The van der Waals surface area contributed by atoms with Crippen LogP contribution in [0.25, 0.3) is 0 Å². The lowest BCUT2D eigenvalue weighted by atomic mass is 9.88. The molecular weight excluding hydrogens is 375 g/mol. The number of nitrogens with one attached hydrogen (secondary N) is 2. The van der Waals surface area contributed by atoms with Crippen molar-refractivity contribution in [2.75, 3.05) is 12.8 Å². The van der Waals surface area contributed by atoms with Crippen LogP contribution in [0.3, 0.4) is 0 Å². The molecule has 1 amide bonds. The van der Waals surface area contributed by atoms with Crippen LogP contribution in [0.5, 0.6) is 0 Å². The smallest absolute Gasteiger partial charge is 0.252 e. The zero-order valence-electron chi connectivity index (χ0n) is 15.4. The van der Waals surface area contributed by atoms with Crippen molar-refractivity contribution in [3.8, 4) is 0 Å². The lowest BCUT2D eigenvalue weighted by Gasteiger charge is -2.19. The van der Waals surface area contributed by atoms with Crippen molar-refractivity contribution >= 4 is 17.7 Å². The number of benzene rings is 2. The van der Waals surface area contributed by atoms with Gasteiger partial charge in [0.05, 0.1) is 5.56 Å². The fourth-order valence-electron chi connectivity index (χ4n) is 3.06. The van der Waals surface area contributed by atoms with E-state index in [1.54, 1.807) is 23.9 Å². The molecule has 28 heavy (non-hydrogen) atoms. The van der Waals surface area contributed by atoms with Crippen molar-refractivity contribution in [3.05, 3.63) is 99.7 Å². The molecule has 4 nitrogen and oxygen atoms in total. The first-order valence-corrected chi connectivity index (χ1v) is 10.2. The Kier molecular flexibility index (Phi) is 6.66. The number of carbonyl (C=O) groups is 1. The highest BCUT2D eigenvalue weighted by Crippen LogP contribution is 2.30. The predicted molar refractivity (Wildman–Crippen MR) is 110 cm³/mol. The van der Waals surface area contributed by atoms with Crippen molar-refractivity contribution in [2.24, 2.45) is 0 Å². The summed E-state index contributed by atoms with van der Waals surface area (Å²) in [7, 11) is 0. The maximum absolute atomic E-state index is 13.4. The molecule has 1 heterocycles. The Labute approximate surface area is 167 Å². The summed E-state index contributed by atoms with van der Waals surface area (Å²) in [5.41, 5.74) is 2.28. The molecule has 0 aliphatic rings. The predicted octanol–water partition coefficient (Wildman–Crippen LogP) is 4.19. The Bertz CT molecular complexity index is 981. The average Bonchev–Trinajstić information content (AvgIpc) is 2.72. The van der Waals surface area contributed by atoms with E-state index in [1.807, 2.05) is 18.4 Å². The van der Waals surface area contributed by atoms with E-state index in [9.17, 15) is 14.0 Å². The van der Waals surface area contributed by atoms with E-state index in [2.05, 4.69) is 22.4 Å². The number of H-pyrrole nitrogens is 1. The Morgan fingerprint density at radius 3 is 2.57 bits per heavy atom. The minimum absolute atomic E-state index is 0.0311. The van der Waals surface area contributed by atoms with E-state index < -0.39 is 0 Å². The van der Waals surface area contributed by atoms with Gasteiger partial charge < -0.3 is 10.3 Å². The van der Waals surface area contributed by atoms with E-state index in [4.69, 9.17) is 0 Å². The third-order valence-corrected chi connectivity index (χ3v) is 5.26. The standard InChI is InChI=1S/C22H21FN2O2S/c1-28-19-4-2-3-16(13-19)20(15-5-8-18(23)9-6-15)11-12-24-22(27)17-7-10-21(26)25-14-17/h2-10,13-14,20H,11-12H2,1H3,(H,24,27)(H,25,26). The Balaban J connectivity index is 1.75. The number of aromatic nitrogens is 1. The van der Waals surface area contributed by atoms with Crippen molar-refractivity contribution in [2.45, 2.75) is 17.2 Å². The van der Waals surface area contributed by atoms with E-state index in [0.717, 1.165) is 16.0 Å². The number of hydrogen-bond acceptors (Lipinski definition) is 3. The maximum atomic E-state index is 13.4. The number of halogens is 1. The first kappa shape index (κ1) is 19.9. The average molecular weight is 396 g/mol. The van der Waals surface area contributed by atoms with E-state index in [0.29, 0.717) is 18.5 Å². The molecule has 1 unspecified atom stereocenters. The fourth-order valence-corrected chi connectivity index (χ4v) is 3.53. The van der Waals surface area contributed by atoms with Gasteiger partial charge in [-0.25, -0.2) is 4.39 Å². The third-order valence-electron chi connectivity index (χ3n) is 4.53. The molecule has 2 N–H and O–H groups in total. The highest BCUT2D eigenvalue weighted by atomic mass is 32.2. The topological polar surface area (TPSA) is 62.0 Å². The first-order valence-electron chi connectivity index (χ1n) is 8.93. The monoisotopic (exact) mass is 396 g/mol. The largest absolute Gasteiger partial charge is 0.352 e. The molecule has 0 fully saturated rings. The minimum atomic E-state index is -0.272. The van der Waals surface area contributed by atoms with Gasteiger partial charge in [-0.15, -0.1) is 11.8 Å². The zero-order valence-corrected chi connectivity index (χ0v) is 16.3. The van der Waals surface area contributed by atoms with Crippen molar-refractivity contribution in [1.29, 1.82) is 0 Å². The molecule has 3 rings (SSSR count). The number of aromatic amines is 1. The number of thioether (sulfide) groups is 1. The molecule has 2 aromatic carbocycles. The number of rotatable bonds is 7. The van der Waals surface area contributed by atoms with Crippen LogP contribution in [0.1, 0.15) is 33.8 Å². The molecular formula is C22H21FN2O2S. The Morgan fingerprint density at radius 2 is 1.89 bits per heavy atom. The normalized spacial score (nSPS) is 11.8. The van der Waals surface area contributed by atoms with Crippen LogP contribution in [0.2, 0.25) is 0 Å². The summed E-state index contributed by atoms with van der Waals surface area (Å²) in [6.07, 6.45) is 4.09. The van der Waals surface area contributed by atoms with E-state index >= 15 is 0 Å². The van der Waals surface area contributed by atoms with Crippen LogP contribution >= 0.6 is 11.8 Å². The summed E-state index contributed by atoms with van der Waals surface area (Å²) in [4.78, 5) is 27.0. The number of hydrogen-bond donors (Lipinski definition) is 2. The van der Waals surface area contributed by atoms with Crippen LogP contribution in [-0.4, -0.2) is 23.7 Å². The van der Waals surface area contributed by atoms with Crippen molar-refractivity contribution in [3.63, 3.8) is 0 Å². The van der Waals surface area contributed by atoms with Crippen LogP contribution < -0.4 is 10.9 Å². The minimum Gasteiger partial charge on any atom is -0.352 e. The lowest BCUT2D eigenvalue weighted by Crippen LogP contribution is -2.26. The van der Waals surface area contributed by atoms with Crippen LogP contribution in [0.4, 0.5) is 4.39 Å². The Morgan fingerprint density at radius 1 is 1.11 bits per heavy atom. The summed E-state index contributed by atoms with van der Waals surface area (Å²) in [6, 6.07) is 17.5. The van der Waals surface area contributed by atoms with E-state index in [1.165, 1.54) is 30.5 Å². The second-order valence-electron chi connectivity index (χ2n) is 6.37. The van der Waals surface area contributed by atoms with Gasteiger partial charge in [-0.2, -0.15) is 0 Å². The maximum Gasteiger partial charge on any atom is 0.252 e. The van der Waals surface area contributed by atoms with Gasteiger partial charge in [0.1, 0.15) is 5.82 Å². The van der Waals surface area contributed by atoms with Gasteiger partial charge in [-0.1, -0.05) is 24.3 Å². The molecule has 0 spiro atoms. The summed E-state index contributed by atoms with van der Waals surface area (Å²) >= 11 is 1.67. The molecule has 144 valence electrons. The third kappa shape index (κ3) is 5.10. The molecule has 0 bridgehead atoms. The van der Waals surface area contributed by atoms with Gasteiger partial charge in [-0.05, 0) is 54.1 Å². The molecule has 0 radical (unpaired) electrons. The van der Waals surface area contributed by atoms with Gasteiger partial charge in [0.15, 0.2) is 0 Å². The molecule has 0 saturated carbocycles. The first-order chi connectivity index (χ1) is 13.6. The van der Waals surface area contributed by atoms with Gasteiger partial charge in [-0.3, -0.25) is 9.59 Å². The quantitative estimate of drug-likeness (QED) is 0.589. The SMILES string of the molecule is CSc1cccc(C(CCNC(=O)c2ccc(=O)[nH]c2)c2ccc(F)cc2)c1. The molecule has 1 aromatic heterocycles. The second kappa shape index (κ2) is 9.37. The van der Waals surface area contributed by atoms with Crippen molar-refractivity contribution in [1.82, 2.24) is 10.3 Å². The molecule has 3 aromatic rings. The number of amides is 1. The van der Waals surface area contributed by atoms with Gasteiger partial charge >= 0.3 is 0 Å². The van der Waals surface area contributed by atoms with Crippen LogP contribution in [0.15, 0.2) is 76.6 Å². The van der Waals surface area contributed by atoms with E-state index in [-0.39, 0.29) is 23.2 Å². The fraction of sp³-hybridized carbons (Fsp3) is 0.182. The Hall–Kier alpha value is -2.86. The molecule has 0 saturated heterocycles. The highest BCUT2D eigenvalue weighted by molar-refractivity contribution is 7.98. The summed E-state index contributed by atoms with van der Waals surface area (Å²) in [5, 5.41) is 2.89. The van der Waals surface area contributed by atoms with Crippen LogP contribution in [-0.2, 0) is 0 Å². The second-order valence-corrected chi connectivity index (χ2v) is 7.25. The summed E-state index contributed by atoms with van der Waals surface area (Å²) in [5.74, 6) is -0.484. The number of pyridine rings is 1. The van der Waals surface area contributed by atoms with Crippen molar-refractivity contribution < 1.29 is 9.18 Å². The molecule has 0 aliphatic carbocycles. The molecule has 6 heteroatoms. The molecule has 1 atom stereocenters. The van der Waals surface area contributed by atoms with Crippen LogP contribution in [0, 0.1) is 5.82 Å². The zero-order chi connectivity index (χ0) is 19.9.